The van der Waals surface area contributed by atoms with Crippen LogP contribution in [-0.4, -0.2) is 72.1 Å². The van der Waals surface area contributed by atoms with Gasteiger partial charge in [0.15, 0.2) is 5.65 Å². The van der Waals surface area contributed by atoms with Crippen LogP contribution in [0.4, 0.5) is 11.4 Å². The maximum absolute atomic E-state index is 13.1. The number of nitrogens with one attached hydrogen (secondary N) is 1. The number of amides is 1. The predicted octanol–water partition coefficient (Wildman–Crippen LogP) is 1.69. The van der Waals surface area contributed by atoms with Crippen molar-refractivity contribution in [2.24, 2.45) is 0 Å². The number of nitrogens with zero attached hydrogens (tertiary/aromatic N) is 5. The molecular weight excluding hydrogens is 384 g/mol. The SMILES string of the molecule is CN(C)Cc1cc(NC(=O)c2cnn3cccnc23)c(N2CCOCC2)cc1C=O. The minimum absolute atomic E-state index is 0.298. The van der Waals surface area contributed by atoms with Gasteiger partial charge in [0.1, 0.15) is 11.8 Å². The van der Waals surface area contributed by atoms with Crippen LogP contribution >= 0.6 is 0 Å². The van der Waals surface area contributed by atoms with Gasteiger partial charge in [0.25, 0.3) is 5.91 Å². The Bertz CT molecular complexity index is 1070. The highest BCUT2D eigenvalue weighted by atomic mass is 16.5. The molecule has 1 fully saturated rings. The summed E-state index contributed by atoms with van der Waals surface area (Å²) in [6.45, 7) is 3.15. The fourth-order valence-corrected chi connectivity index (χ4v) is 3.58. The number of aromatic nitrogens is 3. The van der Waals surface area contributed by atoms with Crippen molar-refractivity contribution in [3.05, 3.63) is 53.5 Å². The number of rotatable bonds is 6. The van der Waals surface area contributed by atoms with Crippen LogP contribution in [0.5, 0.6) is 0 Å². The Morgan fingerprint density at radius 3 is 2.83 bits per heavy atom. The number of hydrogen-bond donors (Lipinski definition) is 1. The van der Waals surface area contributed by atoms with Crippen LogP contribution in [0.15, 0.2) is 36.8 Å². The molecule has 3 aromatic rings. The summed E-state index contributed by atoms with van der Waals surface area (Å²) in [5, 5.41) is 7.21. The topological polar surface area (TPSA) is 92.1 Å². The minimum atomic E-state index is -0.298. The van der Waals surface area contributed by atoms with Crippen LogP contribution in [-0.2, 0) is 11.3 Å². The molecule has 1 amide bonds. The largest absolute Gasteiger partial charge is 0.378 e. The third-order valence-corrected chi connectivity index (χ3v) is 4.99. The molecule has 0 atom stereocenters. The zero-order valence-electron chi connectivity index (χ0n) is 17.0. The predicted molar refractivity (Wildman–Crippen MR) is 113 cm³/mol. The molecule has 1 aromatic carbocycles. The number of anilines is 2. The first-order valence-electron chi connectivity index (χ1n) is 9.76. The standard InChI is InChI=1S/C21H24N6O3/c1-25(2)13-15-10-18(19(11-16(15)14-28)26-6-8-30-9-7-26)24-21(29)17-12-23-27-5-3-4-22-20(17)27/h3-5,10-12,14H,6-9,13H2,1-2H3,(H,24,29). The van der Waals surface area contributed by atoms with Gasteiger partial charge in [-0.25, -0.2) is 9.50 Å². The molecule has 2 aromatic heterocycles. The molecule has 9 nitrogen and oxygen atoms in total. The van der Waals surface area contributed by atoms with Crippen LogP contribution < -0.4 is 10.2 Å². The lowest BCUT2D eigenvalue weighted by molar-refractivity contribution is 0.102. The van der Waals surface area contributed by atoms with Crippen LogP contribution in [0.3, 0.4) is 0 Å². The normalized spacial score (nSPS) is 14.3. The number of fused-ring (bicyclic) bond motifs is 1. The van der Waals surface area contributed by atoms with Gasteiger partial charge in [-0.1, -0.05) is 0 Å². The van der Waals surface area contributed by atoms with Crippen molar-refractivity contribution in [1.29, 1.82) is 0 Å². The molecule has 0 saturated carbocycles. The summed E-state index contributed by atoms with van der Waals surface area (Å²) in [5.74, 6) is -0.298. The average molecular weight is 408 g/mol. The molecule has 4 rings (SSSR count). The Morgan fingerprint density at radius 2 is 2.10 bits per heavy atom. The highest BCUT2D eigenvalue weighted by Gasteiger charge is 2.21. The molecule has 9 heteroatoms. The molecule has 1 aliphatic rings. The molecule has 1 saturated heterocycles. The third-order valence-electron chi connectivity index (χ3n) is 4.99. The highest BCUT2D eigenvalue weighted by molar-refractivity contribution is 6.09. The minimum Gasteiger partial charge on any atom is -0.378 e. The van der Waals surface area contributed by atoms with Crippen molar-refractivity contribution >= 4 is 29.2 Å². The van der Waals surface area contributed by atoms with Gasteiger partial charge in [-0.3, -0.25) is 9.59 Å². The second-order valence-corrected chi connectivity index (χ2v) is 7.42. The fourth-order valence-electron chi connectivity index (χ4n) is 3.58. The fraction of sp³-hybridized carbons (Fsp3) is 0.333. The number of benzene rings is 1. The lowest BCUT2D eigenvalue weighted by atomic mass is 10.0. The van der Waals surface area contributed by atoms with Gasteiger partial charge < -0.3 is 19.9 Å². The average Bonchev–Trinajstić information content (AvgIpc) is 3.18. The molecule has 0 spiro atoms. The van der Waals surface area contributed by atoms with Crippen molar-refractivity contribution in [1.82, 2.24) is 19.5 Å². The van der Waals surface area contributed by atoms with E-state index in [1.807, 2.05) is 31.1 Å². The smallest absolute Gasteiger partial charge is 0.261 e. The van der Waals surface area contributed by atoms with Gasteiger partial charge in [-0.2, -0.15) is 5.10 Å². The van der Waals surface area contributed by atoms with E-state index in [0.29, 0.717) is 55.3 Å². The van der Waals surface area contributed by atoms with E-state index in [1.165, 1.54) is 6.20 Å². The van der Waals surface area contributed by atoms with Crippen molar-refractivity contribution in [2.45, 2.75) is 6.54 Å². The molecular formula is C21H24N6O3. The summed E-state index contributed by atoms with van der Waals surface area (Å²) in [6, 6.07) is 5.48. The van der Waals surface area contributed by atoms with Gasteiger partial charge in [-0.15, -0.1) is 0 Å². The molecule has 1 N–H and O–H groups in total. The first-order valence-corrected chi connectivity index (χ1v) is 9.76. The monoisotopic (exact) mass is 408 g/mol. The van der Waals surface area contributed by atoms with Crippen LogP contribution in [0.2, 0.25) is 0 Å². The summed E-state index contributed by atoms with van der Waals surface area (Å²) in [4.78, 5) is 33.2. The summed E-state index contributed by atoms with van der Waals surface area (Å²) in [6.07, 6.45) is 5.74. The van der Waals surface area contributed by atoms with Gasteiger partial charge in [0, 0.05) is 37.6 Å². The van der Waals surface area contributed by atoms with E-state index in [0.717, 1.165) is 17.5 Å². The first kappa shape index (κ1) is 20.0. The van der Waals surface area contributed by atoms with Crippen molar-refractivity contribution < 1.29 is 14.3 Å². The molecule has 1 aliphatic heterocycles. The van der Waals surface area contributed by atoms with Crippen molar-refractivity contribution in [3.8, 4) is 0 Å². The first-order chi connectivity index (χ1) is 14.6. The van der Waals surface area contributed by atoms with Crippen LogP contribution in [0, 0.1) is 0 Å². The molecule has 156 valence electrons. The maximum atomic E-state index is 13.1. The Kier molecular flexibility index (Phi) is 5.73. The third kappa shape index (κ3) is 4.03. The second-order valence-electron chi connectivity index (χ2n) is 7.42. The number of ether oxygens (including phenoxy) is 1. The highest BCUT2D eigenvalue weighted by Crippen LogP contribution is 2.31. The molecule has 0 aliphatic carbocycles. The quantitative estimate of drug-likeness (QED) is 0.621. The van der Waals surface area contributed by atoms with E-state index in [2.05, 4.69) is 20.3 Å². The summed E-state index contributed by atoms with van der Waals surface area (Å²) in [5.41, 5.74) is 3.79. The lowest BCUT2D eigenvalue weighted by Crippen LogP contribution is -2.37. The Hall–Kier alpha value is -3.30. The molecule has 0 unspecified atom stereocenters. The van der Waals surface area contributed by atoms with Crippen LogP contribution in [0.25, 0.3) is 5.65 Å². The van der Waals surface area contributed by atoms with Gasteiger partial charge in [0.2, 0.25) is 0 Å². The number of hydrogen-bond acceptors (Lipinski definition) is 7. The molecule has 0 radical (unpaired) electrons. The van der Waals surface area contributed by atoms with Crippen molar-refractivity contribution in [3.63, 3.8) is 0 Å². The van der Waals surface area contributed by atoms with Crippen molar-refractivity contribution in [2.75, 3.05) is 50.6 Å². The van der Waals surface area contributed by atoms with E-state index >= 15 is 0 Å². The number of aldehydes is 1. The number of carbonyl (C=O) groups is 2. The Morgan fingerprint density at radius 1 is 1.30 bits per heavy atom. The Balaban J connectivity index is 1.73. The summed E-state index contributed by atoms with van der Waals surface area (Å²) < 4.78 is 7.02. The van der Waals surface area contributed by atoms with Crippen LogP contribution in [0.1, 0.15) is 26.3 Å². The Labute approximate surface area is 174 Å². The molecule has 30 heavy (non-hydrogen) atoms. The number of morpholine rings is 1. The van der Waals surface area contributed by atoms with E-state index in [9.17, 15) is 9.59 Å². The number of carbonyl (C=O) groups excluding carboxylic acids is 2. The van der Waals surface area contributed by atoms with Gasteiger partial charge in [-0.05, 0) is 37.9 Å². The molecule has 0 bridgehead atoms. The van der Waals surface area contributed by atoms with E-state index in [4.69, 9.17) is 4.74 Å². The maximum Gasteiger partial charge on any atom is 0.261 e. The zero-order valence-corrected chi connectivity index (χ0v) is 17.0. The zero-order chi connectivity index (χ0) is 21.1. The van der Waals surface area contributed by atoms with Gasteiger partial charge in [0.05, 0.1) is 30.8 Å². The lowest BCUT2D eigenvalue weighted by Gasteiger charge is -2.31. The summed E-state index contributed by atoms with van der Waals surface area (Å²) in [7, 11) is 3.88. The van der Waals surface area contributed by atoms with Gasteiger partial charge >= 0.3 is 0 Å². The van der Waals surface area contributed by atoms with E-state index in [-0.39, 0.29) is 5.91 Å². The van der Waals surface area contributed by atoms with E-state index < -0.39 is 0 Å². The van der Waals surface area contributed by atoms with E-state index in [1.54, 1.807) is 23.0 Å². The summed E-state index contributed by atoms with van der Waals surface area (Å²) >= 11 is 0. The molecule has 3 heterocycles. The second kappa shape index (κ2) is 8.60.